The average Bonchev–Trinajstić information content (AvgIpc) is 3.13. The third kappa shape index (κ3) is 4.73. The van der Waals surface area contributed by atoms with Crippen molar-refractivity contribution in [3.63, 3.8) is 0 Å². The van der Waals surface area contributed by atoms with E-state index in [2.05, 4.69) is 0 Å². The molecule has 0 aliphatic carbocycles. The molecule has 1 fully saturated rings. The lowest BCUT2D eigenvalue weighted by Gasteiger charge is -2.23. The van der Waals surface area contributed by atoms with Crippen molar-refractivity contribution in [2.75, 3.05) is 32.8 Å². The Hall–Kier alpha value is -1.15. The molecule has 6 nitrogen and oxygen atoms in total. The number of hydrogen-bond acceptors (Lipinski definition) is 4. The van der Waals surface area contributed by atoms with E-state index in [0.717, 1.165) is 25.7 Å². The van der Waals surface area contributed by atoms with Gasteiger partial charge >= 0.3 is 0 Å². The van der Waals surface area contributed by atoms with Gasteiger partial charge in [-0.15, -0.1) is 0 Å². The van der Waals surface area contributed by atoms with E-state index in [1.165, 1.54) is 27.4 Å². The number of halogens is 1. The second-order valence-corrected chi connectivity index (χ2v) is 8.47. The monoisotopic (exact) mass is 388 g/mol. The first-order valence-corrected chi connectivity index (χ1v) is 10.4. The standard InChI is InChI=1S/C17H25ClN2O4S/c1-2-3-8-19(11-12-21)17(22)15-13-14(6-7-16(15)18)25(23,24)20-9-4-5-10-20/h6-7,13,21H,2-5,8-12H2,1H3. The van der Waals surface area contributed by atoms with Crippen molar-refractivity contribution in [1.82, 2.24) is 9.21 Å². The Kier molecular flexibility index (Phi) is 7.25. The van der Waals surface area contributed by atoms with E-state index in [1.54, 1.807) is 0 Å². The predicted molar refractivity (Wildman–Crippen MR) is 97.3 cm³/mol. The van der Waals surface area contributed by atoms with Crippen LogP contribution in [0.3, 0.4) is 0 Å². The zero-order valence-corrected chi connectivity index (χ0v) is 16.0. The number of carbonyl (C=O) groups is 1. The highest BCUT2D eigenvalue weighted by molar-refractivity contribution is 7.89. The first-order chi connectivity index (χ1) is 11.9. The minimum atomic E-state index is -3.61. The minimum absolute atomic E-state index is 0.0848. The second kappa shape index (κ2) is 8.98. The number of unbranched alkanes of at least 4 members (excludes halogenated alkanes) is 1. The number of carbonyl (C=O) groups excluding carboxylic acids is 1. The van der Waals surface area contributed by atoms with Crippen LogP contribution >= 0.6 is 11.6 Å². The van der Waals surface area contributed by atoms with Crippen molar-refractivity contribution in [3.8, 4) is 0 Å². The summed E-state index contributed by atoms with van der Waals surface area (Å²) >= 11 is 6.16. The van der Waals surface area contributed by atoms with Crippen LogP contribution in [0.4, 0.5) is 0 Å². The fraction of sp³-hybridized carbons (Fsp3) is 0.588. The highest BCUT2D eigenvalue weighted by atomic mass is 35.5. The van der Waals surface area contributed by atoms with Gasteiger partial charge in [-0.05, 0) is 37.5 Å². The van der Waals surface area contributed by atoms with E-state index in [1.807, 2.05) is 6.92 Å². The van der Waals surface area contributed by atoms with E-state index in [-0.39, 0.29) is 34.5 Å². The van der Waals surface area contributed by atoms with Gasteiger partial charge in [0.15, 0.2) is 0 Å². The number of sulfonamides is 1. The number of nitrogens with zero attached hydrogens (tertiary/aromatic N) is 2. The molecule has 0 aromatic heterocycles. The molecule has 1 N–H and O–H groups in total. The van der Waals surface area contributed by atoms with Crippen molar-refractivity contribution in [2.24, 2.45) is 0 Å². The van der Waals surface area contributed by atoms with Gasteiger partial charge in [-0.3, -0.25) is 4.79 Å². The summed E-state index contributed by atoms with van der Waals surface area (Å²) in [5.41, 5.74) is 0.159. The topological polar surface area (TPSA) is 77.9 Å². The van der Waals surface area contributed by atoms with Crippen molar-refractivity contribution in [1.29, 1.82) is 0 Å². The lowest BCUT2D eigenvalue weighted by atomic mass is 10.2. The van der Waals surface area contributed by atoms with Gasteiger partial charge in [-0.1, -0.05) is 24.9 Å². The number of amides is 1. The molecular weight excluding hydrogens is 364 g/mol. The first-order valence-electron chi connectivity index (χ1n) is 8.61. The molecule has 1 aliphatic rings. The maximum Gasteiger partial charge on any atom is 0.255 e. The van der Waals surface area contributed by atoms with Crippen LogP contribution in [-0.2, 0) is 10.0 Å². The fourth-order valence-corrected chi connectivity index (χ4v) is 4.60. The van der Waals surface area contributed by atoms with Crippen LogP contribution in [0.15, 0.2) is 23.1 Å². The van der Waals surface area contributed by atoms with Crippen LogP contribution in [-0.4, -0.2) is 61.4 Å². The molecule has 0 atom stereocenters. The SMILES string of the molecule is CCCCN(CCO)C(=O)c1cc(S(=O)(=O)N2CCCC2)ccc1Cl. The quantitative estimate of drug-likeness (QED) is 0.741. The van der Waals surface area contributed by atoms with Crippen LogP contribution in [0.5, 0.6) is 0 Å². The van der Waals surface area contributed by atoms with Crippen molar-refractivity contribution < 1.29 is 18.3 Å². The van der Waals surface area contributed by atoms with Crippen LogP contribution in [0.25, 0.3) is 0 Å². The van der Waals surface area contributed by atoms with Crippen LogP contribution < -0.4 is 0 Å². The normalized spacial score (nSPS) is 15.5. The largest absolute Gasteiger partial charge is 0.395 e. The Morgan fingerprint density at radius 3 is 2.56 bits per heavy atom. The maximum atomic E-state index is 12.8. The summed E-state index contributed by atoms with van der Waals surface area (Å²) < 4.78 is 26.8. The summed E-state index contributed by atoms with van der Waals surface area (Å²) in [6.07, 6.45) is 3.40. The van der Waals surface area contributed by atoms with Gasteiger partial charge in [0.05, 0.1) is 22.1 Å². The molecule has 1 heterocycles. The number of rotatable bonds is 8. The Morgan fingerprint density at radius 1 is 1.28 bits per heavy atom. The van der Waals surface area contributed by atoms with Gasteiger partial charge in [0.2, 0.25) is 10.0 Å². The van der Waals surface area contributed by atoms with Crippen molar-refractivity contribution in [3.05, 3.63) is 28.8 Å². The summed E-state index contributed by atoms with van der Waals surface area (Å²) in [6, 6.07) is 4.25. The average molecular weight is 389 g/mol. The molecule has 140 valence electrons. The van der Waals surface area contributed by atoms with Crippen LogP contribution in [0, 0.1) is 0 Å². The van der Waals surface area contributed by atoms with E-state index < -0.39 is 10.0 Å². The zero-order chi connectivity index (χ0) is 18.4. The Morgan fingerprint density at radius 2 is 1.96 bits per heavy atom. The molecule has 1 aliphatic heterocycles. The lowest BCUT2D eigenvalue weighted by molar-refractivity contribution is 0.0719. The summed E-state index contributed by atoms with van der Waals surface area (Å²) in [5, 5.41) is 9.41. The molecule has 0 radical (unpaired) electrons. The molecule has 1 saturated heterocycles. The van der Waals surface area contributed by atoms with Gasteiger partial charge in [0, 0.05) is 26.2 Å². The summed E-state index contributed by atoms with van der Waals surface area (Å²) in [7, 11) is -3.61. The van der Waals surface area contributed by atoms with Gasteiger partial charge in [-0.2, -0.15) is 4.31 Å². The van der Waals surface area contributed by atoms with Crippen molar-refractivity contribution in [2.45, 2.75) is 37.5 Å². The molecule has 1 amide bonds. The number of benzene rings is 1. The first kappa shape index (κ1) is 20.2. The third-order valence-corrected chi connectivity index (χ3v) is 6.53. The molecule has 8 heteroatoms. The molecule has 2 rings (SSSR count). The van der Waals surface area contributed by atoms with Crippen LogP contribution in [0.1, 0.15) is 43.0 Å². The summed E-state index contributed by atoms with van der Waals surface area (Å²) in [4.78, 5) is 14.4. The lowest BCUT2D eigenvalue weighted by Crippen LogP contribution is -2.35. The van der Waals surface area contributed by atoms with Crippen LogP contribution in [0.2, 0.25) is 5.02 Å². The van der Waals surface area contributed by atoms with E-state index >= 15 is 0 Å². The highest BCUT2D eigenvalue weighted by Gasteiger charge is 2.29. The molecule has 0 unspecified atom stereocenters. The summed E-state index contributed by atoms with van der Waals surface area (Å²) in [5.74, 6) is -0.356. The van der Waals surface area contributed by atoms with E-state index in [0.29, 0.717) is 19.6 Å². The highest BCUT2D eigenvalue weighted by Crippen LogP contribution is 2.26. The second-order valence-electron chi connectivity index (χ2n) is 6.12. The van der Waals surface area contributed by atoms with Crippen molar-refractivity contribution >= 4 is 27.5 Å². The summed E-state index contributed by atoms with van der Waals surface area (Å²) in [6.45, 7) is 3.55. The molecule has 0 bridgehead atoms. The van der Waals surface area contributed by atoms with E-state index in [9.17, 15) is 18.3 Å². The predicted octanol–water partition coefficient (Wildman–Crippen LogP) is 2.36. The zero-order valence-electron chi connectivity index (χ0n) is 14.4. The Bertz CT molecular complexity index is 703. The minimum Gasteiger partial charge on any atom is -0.395 e. The number of hydrogen-bond donors (Lipinski definition) is 1. The smallest absolute Gasteiger partial charge is 0.255 e. The van der Waals surface area contributed by atoms with Gasteiger partial charge in [0.25, 0.3) is 5.91 Å². The molecule has 1 aromatic carbocycles. The molecule has 25 heavy (non-hydrogen) atoms. The Balaban J connectivity index is 2.32. The molecule has 0 spiro atoms. The molecule has 1 aromatic rings. The van der Waals surface area contributed by atoms with Gasteiger partial charge in [-0.25, -0.2) is 8.42 Å². The maximum absolute atomic E-state index is 12.8. The molecular formula is C17H25ClN2O4S. The van der Waals surface area contributed by atoms with Gasteiger partial charge < -0.3 is 10.0 Å². The van der Waals surface area contributed by atoms with Gasteiger partial charge in [0.1, 0.15) is 0 Å². The third-order valence-electron chi connectivity index (χ3n) is 4.31. The molecule has 0 saturated carbocycles. The van der Waals surface area contributed by atoms with E-state index in [4.69, 9.17) is 11.6 Å². The Labute approximate surface area is 154 Å². The number of aliphatic hydroxyl groups excluding tert-OH is 1. The fourth-order valence-electron chi connectivity index (χ4n) is 2.86. The number of aliphatic hydroxyl groups is 1.